The van der Waals surface area contributed by atoms with Gasteiger partial charge < -0.3 is 10.6 Å². The average molecular weight is 372 g/mol. The van der Waals surface area contributed by atoms with E-state index in [1.807, 2.05) is 24.3 Å². The number of halogens is 3. The quantitative estimate of drug-likeness (QED) is 0.823. The summed E-state index contributed by atoms with van der Waals surface area (Å²) < 4.78 is 1.06. The normalized spacial score (nSPS) is 17.4. The Bertz CT molecular complexity index is 660. The molecule has 0 saturated carbocycles. The molecule has 0 fully saturated rings. The minimum absolute atomic E-state index is 0.0465. The Kier molecular flexibility index (Phi) is 3.95. The Hall–Kier alpha value is -0.740. The van der Waals surface area contributed by atoms with Crippen LogP contribution in [0, 0.1) is 0 Å². The van der Waals surface area contributed by atoms with Crippen molar-refractivity contribution < 1.29 is 0 Å². The minimum Gasteiger partial charge on any atom is -0.365 e. The van der Waals surface area contributed by atoms with Gasteiger partial charge in [0.25, 0.3) is 0 Å². The Morgan fingerprint density at radius 3 is 2.70 bits per heavy atom. The van der Waals surface area contributed by atoms with Gasteiger partial charge in [-0.05, 0) is 41.5 Å². The van der Waals surface area contributed by atoms with Crippen molar-refractivity contribution in [3.05, 3.63) is 62.0 Å². The fourth-order valence-corrected chi connectivity index (χ4v) is 3.25. The van der Waals surface area contributed by atoms with Gasteiger partial charge in [0, 0.05) is 29.3 Å². The lowest BCUT2D eigenvalue weighted by Crippen LogP contribution is -2.23. The molecule has 2 aromatic carbocycles. The zero-order chi connectivity index (χ0) is 14.3. The highest BCUT2D eigenvalue weighted by Gasteiger charge is 2.26. The smallest absolute Gasteiger partial charge is 0.0595 e. The first-order valence-corrected chi connectivity index (χ1v) is 7.83. The van der Waals surface area contributed by atoms with Crippen molar-refractivity contribution in [1.29, 1.82) is 0 Å². The van der Waals surface area contributed by atoms with Crippen molar-refractivity contribution in [2.24, 2.45) is 5.73 Å². The number of benzene rings is 2. The second kappa shape index (κ2) is 5.57. The van der Waals surface area contributed by atoms with E-state index in [1.54, 1.807) is 0 Å². The van der Waals surface area contributed by atoms with Gasteiger partial charge in [0.1, 0.15) is 0 Å². The van der Waals surface area contributed by atoms with E-state index in [-0.39, 0.29) is 6.04 Å². The van der Waals surface area contributed by atoms with Crippen molar-refractivity contribution in [3.8, 4) is 0 Å². The second-order valence-electron chi connectivity index (χ2n) is 4.94. The third-order valence-corrected chi connectivity index (χ3v) is 4.74. The molecular weight excluding hydrogens is 359 g/mol. The molecule has 1 aliphatic rings. The topological polar surface area (TPSA) is 29.3 Å². The number of nitrogens with two attached hydrogens (primary N) is 1. The molecule has 2 aromatic rings. The fraction of sp³-hybridized carbons (Fsp3) is 0.200. The Morgan fingerprint density at radius 1 is 1.15 bits per heavy atom. The van der Waals surface area contributed by atoms with E-state index in [1.165, 1.54) is 11.3 Å². The third-order valence-electron chi connectivity index (χ3n) is 3.50. The molecule has 0 unspecified atom stereocenters. The van der Waals surface area contributed by atoms with E-state index < -0.39 is 0 Å². The first kappa shape index (κ1) is 14.2. The van der Waals surface area contributed by atoms with Gasteiger partial charge in [-0.15, -0.1) is 0 Å². The Balaban J connectivity index is 1.88. The zero-order valence-corrected chi connectivity index (χ0v) is 13.7. The average Bonchev–Trinajstić information content (AvgIpc) is 2.70. The molecule has 1 atom stereocenters. The van der Waals surface area contributed by atoms with Gasteiger partial charge in [-0.2, -0.15) is 0 Å². The number of anilines is 1. The standard InChI is InChI=1S/C15H13BrCl2N2/c16-10-2-4-15-11(6-10)14(19)8-20(15)7-9-1-3-12(17)13(18)5-9/h1-6,14H,7-8,19H2/t14-/m1/s1. The number of hydrogen-bond acceptors (Lipinski definition) is 2. The van der Waals surface area contributed by atoms with Gasteiger partial charge in [0.2, 0.25) is 0 Å². The molecule has 2 N–H and O–H groups in total. The van der Waals surface area contributed by atoms with E-state index in [0.717, 1.165) is 23.1 Å². The highest BCUT2D eigenvalue weighted by molar-refractivity contribution is 9.10. The van der Waals surface area contributed by atoms with Crippen molar-refractivity contribution in [2.75, 3.05) is 11.4 Å². The summed E-state index contributed by atoms with van der Waals surface area (Å²) in [6.45, 7) is 1.59. The molecule has 1 aliphatic heterocycles. The van der Waals surface area contributed by atoms with Gasteiger partial charge in [0.15, 0.2) is 0 Å². The van der Waals surface area contributed by atoms with Gasteiger partial charge in [-0.25, -0.2) is 0 Å². The van der Waals surface area contributed by atoms with E-state index in [0.29, 0.717) is 10.0 Å². The fourth-order valence-electron chi connectivity index (χ4n) is 2.55. The van der Waals surface area contributed by atoms with E-state index in [2.05, 4.69) is 33.0 Å². The summed E-state index contributed by atoms with van der Waals surface area (Å²) in [6, 6.07) is 12.0. The highest BCUT2D eigenvalue weighted by Crippen LogP contribution is 2.36. The monoisotopic (exact) mass is 370 g/mol. The number of nitrogens with zero attached hydrogens (tertiary/aromatic N) is 1. The SMILES string of the molecule is N[C@@H]1CN(Cc2ccc(Cl)c(Cl)c2)c2ccc(Br)cc21. The highest BCUT2D eigenvalue weighted by atomic mass is 79.9. The molecule has 0 spiro atoms. The van der Waals surface area contributed by atoms with Crippen LogP contribution in [0.15, 0.2) is 40.9 Å². The molecule has 1 heterocycles. The summed E-state index contributed by atoms with van der Waals surface area (Å²) >= 11 is 15.5. The summed E-state index contributed by atoms with van der Waals surface area (Å²) in [5, 5.41) is 1.17. The molecule has 0 aliphatic carbocycles. The lowest BCUT2D eigenvalue weighted by molar-refractivity contribution is 0.720. The maximum atomic E-state index is 6.20. The van der Waals surface area contributed by atoms with Crippen LogP contribution in [0.3, 0.4) is 0 Å². The zero-order valence-electron chi connectivity index (χ0n) is 10.6. The van der Waals surface area contributed by atoms with Crippen LogP contribution in [-0.4, -0.2) is 6.54 Å². The molecular formula is C15H13BrCl2N2. The maximum absolute atomic E-state index is 6.20. The van der Waals surface area contributed by atoms with Gasteiger partial charge in [0.05, 0.1) is 10.0 Å². The van der Waals surface area contributed by atoms with Crippen LogP contribution in [0.1, 0.15) is 17.2 Å². The minimum atomic E-state index is 0.0465. The van der Waals surface area contributed by atoms with Crippen LogP contribution in [0.2, 0.25) is 10.0 Å². The lowest BCUT2D eigenvalue weighted by atomic mass is 10.1. The lowest BCUT2D eigenvalue weighted by Gasteiger charge is -2.20. The van der Waals surface area contributed by atoms with E-state index in [4.69, 9.17) is 28.9 Å². The first-order chi connectivity index (χ1) is 9.54. The first-order valence-electron chi connectivity index (χ1n) is 6.28. The number of rotatable bonds is 2. The molecule has 20 heavy (non-hydrogen) atoms. The van der Waals surface area contributed by atoms with Crippen molar-refractivity contribution in [2.45, 2.75) is 12.6 Å². The van der Waals surface area contributed by atoms with Crippen LogP contribution in [0.25, 0.3) is 0 Å². The van der Waals surface area contributed by atoms with Crippen molar-refractivity contribution >= 4 is 44.8 Å². The second-order valence-corrected chi connectivity index (χ2v) is 6.67. The summed E-state index contributed by atoms with van der Waals surface area (Å²) in [5.74, 6) is 0. The van der Waals surface area contributed by atoms with Crippen LogP contribution in [-0.2, 0) is 6.54 Å². The van der Waals surface area contributed by atoms with Crippen LogP contribution in [0.4, 0.5) is 5.69 Å². The van der Waals surface area contributed by atoms with Crippen LogP contribution >= 0.6 is 39.1 Å². The van der Waals surface area contributed by atoms with Gasteiger partial charge >= 0.3 is 0 Å². The summed E-state index contributed by atoms with van der Waals surface area (Å²) in [5.41, 5.74) is 9.70. The molecule has 0 radical (unpaired) electrons. The molecule has 0 amide bonds. The summed E-state index contributed by atoms with van der Waals surface area (Å²) in [7, 11) is 0. The Morgan fingerprint density at radius 2 is 1.95 bits per heavy atom. The van der Waals surface area contributed by atoms with E-state index in [9.17, 15) is 0 Å². The van der Waals surface area contributed by atoms with Gasteiger partial charge in [-0.1, -0.05) is 45.2 Å². The molecule has 3 rings (SSSR count). The van der Waals surface area contributed by atoms with E-state index >= 15 is 0 Å². The predicted molar refractivity (Wildman–Crippen MR) is 88.6 cm³/mol. The van der Waals surface area contributed by atoms with Gasteiger partial charge in [-0.3, -0.25) is 0 Å². The van der Waals surface area contributed by atoms with Crippen molar-refractivity contribution in [1.82, 2.24) is 0 Å². The van der Waals surface area contributed by atoms with Crippen LogP contribution < -0.4 is 10.6 Å². The molecule has 0 saturated heterocycles. The maximum Gasteiger partial charge on any atom is 0.0595 e. The molecule has 2 nitrogen and oxygen atoms in total. The Labute approximate surface area is 136 Å². The molecule has 104 valence electrons. The molecule has 0 bridgehead atoms. The summed E-state index contributed by atoms with van der Waals surface area (Å²) in [6.07, 6.45) is 0. The van der Waals surface area contributed by atoms with Crippen LogP contribution in [0.5, 0.6) is 0 Å². The summed E-state index contributed by atoms with van der Waals surface area (Å²) in [4.78, 5) is 2.27. The third kappa shape index (κ3) is 2.68. The predicted octanol–water partition coefficient (Wildman–Crippen LogP) is 4.78. The molecule has 0 aromatic heterocycles. The largest absolute Gasteiger partial charge is 0.365 e. The molecule has 5 heteroatoms. The van der Waals surface area contributed by atoms with Crippen molar-refractivity contribution in [3.63, 3.8) is 0 Å². The number of hydrogen-bond donors (Lipinski definition) is 1. The number of fused-ring (bicyclic) bond motifs is 1.